The number of aryl methyl sites for hydroxylation is 2. The van der Waals surface area contributed by atoms with Crippen molar-refractivity contribution < 1.29 is 0 Å². The second kappa shape index (κ2) is 37.6. The first kappa shape index (κ1) is 89.6. The van der Waals surface area contributed by atoms with Crippen LogP contribution in [-0.4, -0.2) is 0 Å². The molecule has 3 aliphatic carbocycles. The Morgan fingerprint density at radius 3 is 1.00 bits per heavy atom. The maximum absolute atomic E-state index is 4.32. The summed E-state index contributed by atoms with van der Waals surface area (Å²) in [5.74, 6) is 0. The minimum Gasteiger partial charge on any atom is -0.310 e. The summed E-state index contributed by atoms with van der Waals surface area (Å²) >= 11 is 0. The fraction of sp³-hybridized carbons (Fsp3) is 0.176. The van der Waals surface area contributed by atoms with Gasteiger partial charge in [-0.3, -0.25) is 0 Å². The van der Waals surface area contributed by atoms with E-state index in [2.05, 4.69) is 503 Å². The van der Waals surface area contributed by atoms with E-state index in [1.165, 1.54) is 202 Å². The van der Waals surface area contributed by atoms with Crippen molar-refractivity contribution in [3.05, 3.63) is 538 Å². The van der Waals surface area contributed by atoms with Gasteiger partial charge in [0.25, 0.3) is 0 Å². The van der Waals surface area contributed by atoms with Gasteiger partial charge in [0, 0.05) is 34.1 Å². The van der Waals surface area contributed by atoms with Gasteiger partial charge in [-0.2, -0.15) is 0 Å². The molecule has 0 saturated heterocycles. The van der Waals surface area contributed by atoms with Crippen molar-refractivity contribution in [1.29, 1.82) is 0 Å². The van der Waals surface area contributed by atoms with Gasteiger partial charge in [-0.05, 0) is 306 Å². The van der Waals surface area contributed by atoms with Crippen molar-refractivity contribution in [2.75, 3.05) is 9.80 Å². The zero-order valence-corrected chi connectivity index (χ0v) is 81.2. The Morgan fingerprint density at radius 1 is 0.232 bits per heavy atom. The highest BCUT2D eigenvalue weighted by molar-refractivity contribution is 5.95. The molecule has 2 atom stereocenters. The van der Waals surface area contributed by atoms with Crippen LogP contribution >= 0.6 is 0 Å². The molecule has 138 heavy (non-hydrogen) atoms. The lowest BCUT2D eigenvalue weighted by atomic mass is 9.67. The minimum atomic E-state index is -0.723. The van der Waals surface area contributed by atoms with Gasteiger partial charge in [-0.1, -0.05) is 459 Å². The van der Waals surface area contributed by atoms with Gasteiger partial charge in [0.05, 0.1) is 16.2 Å². The van der Waals surface area contributed by atoms with Gasteiger partial charge in [0.15, 0.2) is 0 Å². The number of fused-ring (bicyclic) bond motifs is 9. The average molecular weight is 1780 g/mol. The SMILES string of the molecule is C=Cc1ccc(CC2(c3ccc(C(C)(C)C)cc3)c3ccccc3-c3ccc(N(c4ccc(-c5ccccc5)cc4)c4ccc(-c5ccc6c(c5)C(c5ccc(CCCCCC)cc5)(c5ccc(CCCCCC)cc5)c5cc(-c7ccc(N(c8ccc(-c9ccccc9)cc8)c8ccc9c(c8)C(c8ccc(C(C)(C)C)cc8)(c8cccc(C=C)c8)c8ccccc8-9)cc7)ccc5-6)cc4)cc32)cc1. The molecule has 3 aliphatic rings. The minimum absolute atomic E-state index is 0.0136. The van der Waals surface area contributed by atoms with Crippen LogP contribution in [-0.2, 0) is 46.3 Å². The van der Waals surface area contributed by atoms with Gasteiger partial charge < -0.3 is 9.80 Å². The largest absolute Gasteiger partial charge is 0.310 e. The van der Waals surface area contributed by atoms with E-state index in [4.69, 9.17) is 0 Å². The van der Waals surface area contributed by atoms with Gasteiger partial charge >= 0.3 is 0 Å². The molecule has 2 heteroatoms. The van der Waals surface area contributed by atoms with Crippen LogP contribution in [0.15, 0.2) is 438 Å². The molecule has 2 nitrogen and oxygen atoms in total. The number of hydrogen-bond donors (Lipinski definition) is 0. The Labute approximate surface area is 819 Å². The molecule has 0 heterocycles. The van der Waals surface area contributed by atoms with Crippen LogP contribution in [0, 0.1) is 0 Å². The summed E-state index contributed by atoms with van der Waals surface area (Å²) in [4.78, 5) is 4.96. The highest BCUT2D eigenvalue weighted by Gasteiger charge is 2.50. The molecule has 0 radical (unpaired) electrons. The van der Waals surface area contributed by atoms with Crippen LogP contribution in [0.1, 0.15) is 207 Å². The van der Waals surface area contributed by atoms with Crippen molar-refractivity contribution in [2.24, 2.45) is 0 Å². The fourth-order valence-electron chi connectivity index (χ4n) is 22.9. The lowest BCUT2D eigenvalue weighted by molar-refractivity contribution is 0.586. The van der Waals surface area contributed by atoms with Gasteiger partial charge in [-0.25, -0.2) is 0 Å². The van der Waals surface area contributed by atoms with Crippen molar-refractivity contribution >= 4 is 46.3 Å². The lowest BCUT2D eigenvalue weighted by Gasteiger charge is -2.35. The van der Waals surface area contributed by atoms with Crippen molar-refractivity contribution in [3.63, 3.8) is 0 Å². The summed E-state index contributed by atoms with van der Waals surface area (Å²) in [7, 11) is 0. The molecule has 0 fully saturated rings. The molecule has 0 amide bonds. The summed E-state index contributed by atoms with van der Waals surface area (Å²) in [6.45, 7) is 26.9. The van der Waals surface area contributed by atoms with Crippen molar-refractivity contribution in [1.82, 2.24) is 0 Å². The molecule has 0 saturated carbocycles. The molecule has 0 spiro atoms. The van der Waals surface area contributed by atoms with Gasteiger partial charge in [0.2, 0.25) is 0 Å². The zero-order chi connectivity index (χ0) is 94.3. The van der Waals surface area contributed by atoms with Crippen LogP contribution in [0.2, 0.25) is 0 Å². The summed E-state index contributed by atoms with van der Waals surface area (Å²) in [6.07, 6.45) is 16.5. The summed E-state index contributed by atoms with van der Waals surface area (Å²) in [5, 5.41) is 0. The molecular weight excluding hydrogens is 1660 g/mol. The van der Waals surface area contributed by atoms with Crippen molar-refractivity contribution in [2.45, 2.75) is 153 Å². The highest BCUT2D eigenvalue weighted by atomic mass is 15.1. The fourth-order valence-corrected chi connectivity index (χ4v) is 22.9. The zero-order valence-electron chi connectivity index (χ0n) is 81.2. The predicted octanol–water partition coefficient (Wildman–Crippen LogP) is 36.7. The van der Waals surface area contributed by atoms with E-state index in [0.717, 1.165) is 81.2 Å². The normalized spacial score (nSPS) is 14.7. The smallest absolute Gasteiger partial charge is 0.0714 e. The third-order valence-electron chi connectivity index (χ3n) is 30.3. The Hall–Kier alpha value is -15.0. The van der Waals surface area contributed by atoms with E-state index in [1.807, 2.05) is 12.2 Å². The first-order valence-corrected chi connectivity index (χ1v) is 50.2. The second-order valence-corrected chi connectivity index (χ2v) is 40.7. The molecule has 0 aromatic heterocycles. The third kappa shape index (κ3) is 16.4. The van der Waals surface area contributed by atoms with Crippen LogP contribution in [0.5, 0.6) is 0 Å². The summed E-state index contributed by atoms with van der Waals surface area (Å²) in [5.41, 5.74) is 44.2. The van der Waals surface area contributed by atoms with Crippen LogP contribution < -0.4 is 9.80 Å². The lowest BCUT2D eigenvalue weighted by Crippen LogP contribution is -2.30. The molecule has 676 valence electrons. The topological polar surface area (TPSA) is 6.48 Å². The monoisotopic (exact) mass is 1780 g/mol. The quantitative estimate of drug-likeness (QED) is 0.0431. The van der Waals surface area contributed by atoms with Gasteiger partial charge in [-0.15, -0.1) is 0 Å². The first-order valence-electron chi connectivity index (χ1n) is 50.2. The van der Waals surface area contributed by atoms with E-state index in [0.29, 0.717) is 0 Å². The Balaban J connectivity index is 0.702. The number of hydrogen-bond acceptors (Lipinski definition) is 2. The Morgan fingerprint density at radius 2 is 0.565 bits per heavy atom. The number of benzene rings is 18. The molecule has 0 aliphatic heterocycles. The number of unbranched alkanes of at least 4 members (excludes halogenated alkanes) is 6. The maximum atomic E-state index is 4.32. The van der Waals surface area contributed by atoms with Crippen LogP contribution in [0.25, 0.3) is 90.0 Å². The second-order valence-electron chi connectivity index (χ2n) is 40.7. The molecule has 0 bridgehead atoms. The molecule has 2 unspecified atom stereocenters. The summed E-state index contributed by atoms with van der Waals surface area (Å²) < 4.78 is 0. The van der Waals surface area contributed by atoms with E-state index in [9.17, 15) is 0 Å². The van der Waals surface area contributed by atoms with Crippen LogP contribution in [0.3, 0.4) is 0 Å². The molecule has 21 rings (SSSR count). The maximum Gasteiger partial charge on any atom is 0.0714 e. The Bertz CT molecular complexity index is 7400. The number of rotatable bonds is 29. The molecule has 0 N–H and O–H groups in total. The molecular formula is C136H122N2. The van der Waals surface area contributed by atoms with Crippen molar-refractivity contribution in [3.8, 4) is 77.9 Å². The Kier molecular flexibility index (Phi) is 24.4. The van der Waals surface area contributed by atoms with Gasteiger partial charge in [0.1, 0.15) is 0 Å². The molecule has 18 aromatic rings. The number of anilines is 6. The predicted molar refractivity (Wildman–Crippen MR) is 587 cm³/mol. The third-order valence-corrected chi connectivity index (χ3v) is 30.3. The van der Waals surface area contributed by atoms with Crippen LogP contribution in [0.4, 0.5) is 34.1 Å². The van der Waals surface area contributed by atoms with E-state index < -0.39 is 16.2 Å². The van der Waals surface area contributed by atoms with E-state index in [1.54, 1.807) is 0 Å². The number of nitrogens with zero attached hydrogens (tertiary/aromatic N) is 2. The highest BCUT2D eigenvalue weighted by Crippen LogP contribution is 2.62. The molecule has 18 aromatic carbocycles. The standard InChI is InChI=1S/C136H122N2/c1-11-15-17-21-32-96-48-62-110(63-49-96)135(111-64-50-97(51-65-111)33-22-18-16-12-2)129-89-105(103-56-78-116(79-57-103)137(114-74-52-101(53-75-114)99-35-23-19-24-36-99)118-82-86-122-120-40-27-29-42-126(120)134(128(122)91-118,93-98-46-44-94(13-3)45-47-98)109-70-66-107(67-71-109)132(5,6)7)60-84-123(129)124-85-61-106(90-130(124)135)104-58-80-117(81-59-104)138(115-76-54-102(55-77-115)100-37-25-20-26-38-100)119-83-87-125-121-41-28-30-43-127(121)136(131(125)92-119,113-39-31-34-95(14-4)88-113)112-72-68-108(69-73-112)133(8,9)10/h13-14,19-20,23-31,34-92H,3-4,11-12,15-18,21-22,32-33,93H2,1-2,5-10H3. The van der Waals surface area contributed by atoms with E-state index in [-0.39, 0.29) is 10.8 Å². The first-order chi connectivity index (χ1) is 67.4. The summed E-state index contributed by atoms with van der Waals surface area (Å²) in [6, 6.07) is 163. The average Bonchev–Trinajstić information content (AvgIpc) is 1.52. The van der Waals surface area contributed by atoms with E-state index >= 15 is 0 Å².